The lowest BCUT2D eigenvalue weighted by Gasteiger charge is -2.25. The molecule has 5 N–H and O–H groups in total. The number of benzene rings is 1. The molecule has 266 valence electrons. The van der Waals surface area contributed by atoms with Crippen LogP contribution in [0.25, 0.3) is 0 Å². The molecule has 2 atom stereocenters. The average molecular weight is 674 g/mol. The number of amides is 5. The second-order valence-corrected chi connectivity index (χ2v) is 13.0. The lowest BCUT2D eigenvalue weighted by molar-refractivity contribution is -0.154. The van der Waals surface area contributed by atoms with E-state index in [2.05, 4.69) is 16.0 Å². The Hall–Kier alpha value is -4.30. The van der Waals surface area contributed by atoms with Gasteiger partial charge in [-0.1, -0.05) is 26.0 Å². The largest absolute Gasteiger partial charge is 0.460 e. The molecule has 14 heteroatoms. The normalized spacial score (nSPS) is 14.2. The van der Waals surface area contributed by atoms with E-state index in [1.165, 1.54) is 12.2 Å². The fourth-order valence-electron chi connectivity index (χ4n) is 4.66. The van der Waals surface area contributed by atoms with Crippen molar-refractivity contribution in [3.63, 3.8) is 0 Å². The number of carbonyl (C=O) groups excluding carboxylic acids is 6. The number of nitrogens with two attached hydrogens (primary N) is 1. The minimum Gasteiger partial charge on any atom is -0.460 e. The third-order valence-corrected chi connectivity index (χ3v) is 7.40. The summed E-state index contributed by atoms with van der Waals surface area (Å²) in [5, 5.41) is 8.72. The Labute approximate surface area is 282 Å². The highest BCUT2D eigenvalue weighted by molar-refractivity contribution is 6.12. The van der Waals surface area contributed by atoms with E-state index in [9.17, 15) is 28.8 Å². The van der Waals surface area contributed by atoms with Crippen LogP contribution in [-0.4, -0.2) is 92.5 Å². The lowest BCUT2D eigenvalue weighted by Crippen LogP contribution is -2.46. The molecule has 0 saturated carbocycles. The van der Waals surface area contributed by atoms with Crippen LogP contribution in [-0.2, 0) is 44.8 Å². The molecular weight excluding hydrogens is 622 g/mol. The van der Waals surface area contributed by atoms with E-state index in [4.69, 9.17) is 19.9 Å². The van der Waals surface area contributed by atoms with Crippen LogP contribution in [0, 0.1) is 17.3 Å². The van der Waals surface area contributed by atoms with Crippen molar-refractivity contribution < 1.29 is 43.0 Å². The summed E-state index contributed by atoms with van der Waals surface area (Å²) in [7, 11) is 0. The van der Waals surface area contributed by atoms with Crippen LogP contribution >= 0.6 is 0 Å². The van der Waals surface area contributed by atoms with Crippen LogP contribution in [0.4, 0.5) is 10.5 Å². The van der Waals surface area contributed by atoms with Crippen LogP contribution in [0.3, 0.4) is 0 Å². The summed E-state index contributed by atoms with van der Waals surface area (Å²) >= 11 is 0. The highest BCUT2D eigenvalue weighted by Crippen LogP contribution is 2.20. The Bertz CT molecular complexity index is 1260. The zero-order chi connectivity index (χ0) is 35.7. The van der Waals surface area contributed by atoms with Gasteiger partial charge in [0.25, 0.3) is 11.8 Å². The number of hydrogen-bond acceptors (Lipinski definition) is 10. The maximum Gasteiger partial charge on any atom is 0.312 e. The Balaban J connectivity index is 1.84. The molecule has 0 bridgehead atoms. The van der Waals surface area contributed by atoms with Gasteiger partial charge < -0.3 is 35.9 Å². The number of rotatable bonds is 22. The van der Waals surface area contributed by atoms with Crippen molar-refractivity contribution in [2.45, 2.75) is 66.5 Å². The van der Waals surface area contributed by atoms with Crippen LogP contribution in [0.1, 0.15) is 59.4 Å². The van der Waals surface area contributed by atoms with Crippen LogP contribution in [0.15, 0.2) is 36.4 Å². The molecule has 2 rings (SSSR count). The molecule has 5 amide bonds. The first-order chi connectivity index (χ1) is 22.7. The van der Waals surface area contributed by atoms with Gasteiger partial charge in [-0.15, -0.1) is 0 Å². The lowest BCUT2D eigenvalue weighted by atomic mass is 9.90. The van der Waals surface area contributed by atoms with Crippen molar-refractivity contribution in [2.75, 3.05) is 51.4 Å². The fraction of sp³-hybridized carbons (Fsp3) is 0.588. The zero-order valence-corrected chi connectivity index (χ0v) is 28.7. The summed E-state index contributed by atoms with van der Waals surface area (Å²) in [6, 6.07) is 6.15. The number of Topliss-reactive ketones (excluding diaryl/α,β-unsaturated/α-hetero) is 1. The molecule has 0 unspecified atom stereocenters. The third-order valence-electron chi connectivity index (χ3n) is 7.40. The van der Waals surface area contributed by atoms with E-state index in [0.717, 1.165) is 16.2 Å². The minimum atomic E-state index is -0.720. The van der Waals surface area contributed by atoms with E-state index in [1.807, 2.05) is 38.1 Å². The Morgan fingerprint density at radius 3 is 2.19 bits per heavy atom. The monoisotopic (exact) mass is 673 g/mol. The smallest absolute Gasteiger partial charge is 0.312 e. The van der Waals surface area contributed by atoms with Gasteiger partial charge in [-0.25, -0.2) is 4.79 Å². The molecule has 0 saturated heterocycles. The highest BCUT2D eigenvalue weighted by Gasteiger charge is 2.27. The van der Waals surface area contributed by atoms with Crippen molar-refractivity contribution in [3.8, 4) is 0 Å². The molecule has 1 aromatic rings. The number of ketones is 1. The van der Waals surface area contributed by atoms with Crippen LogP contribution < -0.4 is 21.7 Å². The molecule has 48 heavy (non-hydrogen) atoms. The van der Waals surface area contributed by atoms with Crippen molar-refractivity contribution in [2.24, 2.45) is 23.0 Å². The standard InChI is InChI=1S/C34H51N5O9/c1-23(2)31(38-28(41)22-47-18-17-46-16-15-39-29(42)12-13-30(39)43)27(40)19-25(7-6-14-36-33(35)45)20-37-26-10-8-24(9-11-26)21-48-32(44)34(3,4)5/h8-13,23,25,31,37H,6-7,14-22H2,1-5H3,(H,38,41)(H3,35,36,45)/t25-,31+/m1/s1. The van der Waals surface area contributed by atoms with Gasteiger partial charge in [0.15, 0.2) is 5.78 Å². The maximum absolute atomic E-state index is 13.4. The highest BCUT2D eigenvalue weighted by atomic mass is 16.5. The number of ether oxygens (including phenoxy) is 3. The van der Waals surface area contributed by atoms with Gasteiger partial charge in [-0.3, -0.25) is 28.9 Å². The number of carbonyl (C=O) groups is 6. The van der Waals surface area contributed by atoms with Gasteiger partial charge in [-0.2, -0.15) is 0 Å². The van der Waals surface area contributed by atoms with E-state index in [1.54, 1.807) is 20.8 Å². The molecule has 0 fully saturated rings. The number of nitrogens with zero attached hydrogens (tertiary/aromatic N) is 1. The second kappa shape index (κ2) is 20.2. The molecule has 1 aliphatic rings. The summed E-state index contributed by atoms with van der Waals surface area (Å²) in [5.41, 5.74) is 6.28. The summed E-state index contributed by atoms with van der Waals surface area (Å²) in [6.07, 6.45) is 3.84. The zero-order valence-electron chi connectivity index (χ0n) is 28.7. The summed E-state index contributed by atoms with van der Waals surface area (Å²) in [4.78, 5) is 73.4. The summed E-state index contributed by atoms with van der Waals surface area (Å²) in [6.45, 7) is 10.4. The van der Waals surface area contributed by atoms with Crippen LogP contribution in [0.2, 0.25) is 0 Å². The van der Waals surface area contributed by atoms with Gasteiger partial charge in [0, 0.05) is 37.3 Å². The topological polar surface area (TPSA) is 195 Å². The molecule has 1 aliphatic heterocycles. The Morgan fingerprint density at radius 2 is 1.58 bits per heavy atom. The third kappa shape index (κ3) is 15.1. The van der Waals surface area contributed by atoms with Gasteiger partial charge in [0.2, 0.25) is 5.91 Å². The second-order valence-electron chi connectivity index (χ2n) is 13.0. The molecule has 0 radical (unpaired) electrons. The molecule has 0 spiro atoms. The predicted molar refractivity (Wildman–Crippen MR) is 178 cm³/mol. The first kappa shape index (κ1) is 39.9. The number of urea groups is 1. The quantitative estimate of drug-likeness (QED) is 0.0806. The average Bonchev–Trinajstić information content (AvgIpc) is 3.34. The van der Waals surface area contributed by atoms with Gasteiger partial charge in [0.1, 0.15) is 13.2 Å². The number of nitrogens with one attached hydrogen (secondary N) is 3. The Morgan fingerprint density at radius 1 is 0.938 bits per heavy atom. The minimum absolute atomic E-state index is 0.104. The van der Waals surface area contributed by atoms with Gasteiger partial charge in [0.05, 0.1) is 37.8 Å². The van der Waals surface area contributed by atoms with E-state index >= 15 is 0 Å². The van der Waals surface area contributed by atoms with Gasteiger partial charge in [-0.05, 0) is 63.1 Å². The summed E-state index contributed by atoms with van der Waals surface area (Å²) in [5.74, 6) is -1.86. The first-order valence-corrected chi connectivity index (χ1v) is 16.2. The maximum atomic E-state index is 13.4. The molecule has 0 aromatic heterocycles. The van der Waals surface area contributed by atoms with E-state index < -0.39 is 23.4 Å². The molecule has 1 aromatic carbocycles. The molecule has 14 nitrogen and oxygen atoms in total. The number of hydrogen-bond donors (Lipinski definition) is 4. The van der Waals surface area contributed by atoms with Crippen molar-refractivity contribution >= 4 is 41.2 Å². The predicted octanol–water partition coefficient (Wildman–Crippen LogP) is 2.31. The van der Waals surface area contributed by atoms with E-state index in [-0.39, 0.29) is 81.4 Å². The van der Waals surface area contributed by atoms with Crippen LogP contribution in [0.5, 0.6) is 0 Å². The number of anilines is 1. The van der Waals surface area contributed by atoms with E-state index in [0.29, 0.717) is 25.9 Å². The van der Waals surface area contributed by atoms with Crippen molar-refractivity contribution in [1.82, 2.24) is 15.5 Å². The Kier molecular flexibility index (Phi) is 16.7. The molecule has 0 aliphatic carbocycles. The SMILES string of the molecule is CC(C)[C@H](NC(=O)COCCOCCN1C(=O)C=CC1=O)C(=O)C[C@@H](CCCNC(N)=O)CNc1ccc(COC(=O)C(C)(C)C)cc1. The van der Waals surface area contributed by atoms with Crippen molar-refractivity contribution in [1.29, 1.82) is 0 Å². The number of imide groups is 1. The van der Waals surface area contributed by atoms with Gasteiger partial charge >= 0.3 is 12.0 Å². The van der Waals surface area contributed by atoms with Crippen molar-refractivity contribution in [3.05, 3.63) is 42.0 Å². The molecular formula is C34H51N5O9. The number of primary amides is 1. The fourth-order valence-corrected chi connectivity index (χ4v) is 4.66. The number of esters is 1. The summed E-state index contributed by atoms with van der Waals surface area (Å²) < 4.78 is 16.1. The molecule has 1 heterocycles. The first-order valence-electron chi connectivity index (χ1n) is 16.2.